The van der Waals surface area contributed by atoms with Crippen molar-refractivity contribution in [3.8, 4) is 16.9 Å². The number of amides is 1. The Hall–Kier alpha value is -3.40. The number of hydrogen-bond donors (Lipinski definition) is 1. The predicted molar refractivity (Wildman–Crippen MR) is 109 cm³/mol. The van der Waals surface area contributed by atoms with Crippen LogP contribution in [0.5, 0.6) is 5.75 Å². The first-order valence-corrected chi connectivity index (χ1v) is 8.81. The highest BCUT2D eigenvalue weighted by Crippen LogP contribution is 2.19. The molecule has 0 unspecified atom stereocenters. The van der Waals surface area contributed by atoms with Crippen LogP contribution >= 0.6 is 0 Å². The summed E-state index contributed by atoms with van der Waals surface area (Å²) >= 11 is 0. The maximum atomic E-state index is 12.0. The summed E-state index contributed by atoms with van der Waals surface area (Å²) in [6.07, 6.45) is 0. The molecule has 0 aliphatic carbocycles. The van der Waals surface area contributed by atoms with E-state index in [1.54, 1.807) is 0 Å². The molecule has 0 aliphatic heterocycles. The second-order valence-corrected chi connectivity index (χ2v) is 6.23. The summed E-state index contributed by atoms with van der Waals surface area (Å²) in [4.78, 5) is 12.0. The molecule has 3 rings (SSSR count). The van der Waals surface area contributed by atoms with Crippen LogP contribution in [-0.4, -0.2) is 18.2 Å². The molecule has 0 aliphatic rings. The van der Waals surface area contributed by atoms with E-state index in [4.69, 9.17) is 4.74 Å². The SMILES string of the molecule is C/C(=N/NC(=O)COc1ccccc1C)c1ccc(-c2ccccc2)cc1. The zero-order valence-electron chi connectivity index (χ0n) is 15.5. The number of carbonyl (C=O) groups is 1. The van der Waals surface area contributed by atoms with Crippen molar-refractivity contribution in [2.24, 2.45) is 5.10 Å². The first kappa shape index (κ1) is 18.4. The number of ether oxygens (including phenoxy) is 1. The van der Waals surface area contributed by atoms with Gasteiger partial charge in [-0.2, -0.15) is 5.10 Å². The highest BCUT2D eigenvalue weighted by Gasteiger charge is 2.05. The summed E-state index contributed by atoms with van der Waals surface area (Å²) in [6.45, 7) is 3.73. The van der Waals surface area contributed by atoms with Crippen molar-refractivity contribution in [3.63, 3.8) is 0 Å². The molecule has 0 aromatic heterocycles. The summed E-state index contributed by atoms with van der Waals surface area (Å²) in [6, 6.07) is 25.9. The van der Waals surface area contributed by atoms with Crippen LogP contribution in [0.1, 0.15) is 18.1 Å². The number of aryl methyl sites for hydroxylation is 1. The Labute approximate surface area is 159 Å². The molecule has 0 atom stereocenters. The van der Waals surface area contributed by atoms with Gasteiger partial charge in [-0.05, 0) is 42.2 Å². The van der Waals surface area contributed by atoms with Crippen LogP contribution < -0.4 is 10.2 Å². The summed E-state index contributed by atoms with van der Waals surface area (Å²) in [7, 11) is 0. The number of benzene rings is 3. The van der Waals surface area contributed by atoms with Gasteiger partial charge in [-0.3, -0.25) is 4.79 Å². The zero-order valence-corrected chi connectivity index (χ0v) is 15.5. The molecule has 4 heteroatoms. The summed E-state index contributed by atoms with van der Waals surface area (Å²) in [5.41, 5.74) is 7.53. The van der Waals surface area contributed by atoms with E-state index in [1.807, 2.05) is 80.6 Å². The molecule has 27 heavy (non-hydrogen) atoms. The molecule has 136 valence electrons. The van der Waals surface area contributed by atoms with Gasteiger partial charge >= 0.3 is 0 Å². The smallest absolute Gasteiger partial charge is 0.277 e. The van der Waals surface area contributed by atoms with Crippen molar-refractivity contribution in [2.75, 3.05) is 6.61 Å². The summed E-state index contributed by atoms with van der Waals surface area (Å²) < 4.78 is 5.52. The molecule has 0 radical (unpaired) electrons. The maximum absolute atomic E-state index is 12.0. The summed E-state index contributed by atoms with van der Waals surface area (Å²) in [5, 5.41) is 4.17. The van der Waals surface area contributed by atoms with Crippen molar-refractivity contribution < 1.29 is 9.53 Å². The molecule has 0 saturated heterocycles. The van der Waals surface area contributed by atoms with Crippen LogP contribution in [0.2, 0.25) is 0 Å². The molecule has 3 aromatic carbocycles. The Kier molecular flexibility index (Phi) is 6.00. The van der Waals surface area contributed by atoms with Gasteiger partial charge in [-0.25, -0.2) is 5.43 Å². The molecule has 3 aromatic rings. The van der Waals surface area contributed by atoms with E-state index in [0.29, 0.717) is 5.75 Å². The normalized spacial score (nSPS) is 11.1. The number of nitrogens with zero attached hydrogens (tertiary/aromatic N) is 1. The molecule has 1 amide bonds. The largest absolute Gasteiger partial charge is 0.483 e. The minimum atomic E-state index is -0.293. The average Bonchev–Trinajstić information content (AvgIpc) is 2.72. The zero-order chi connectivity index (χ0) is 19.1. The number of hydrazone groups is 1. The average molecular weight is 358 g/mol. The lowest BCUT2D eigenvalue weighted by atomic mass is 10.0. The molecule has 0 heterocycles. The molecule has 0 fully saturated rings. The molecule has 1 N–H and O–H groups in total. The third kappa shape index (κ3) is 5.05. The topological polar surface area (TPSA) is 50.7 Å². The van der Waals surface area contributed by atoms with E-state index in [2.05, 4.69) is 22.7 Å². The summed E-state index contributed by atoms with van der Waals surface area (Å²) in [5.74, 6) is 0.406. The van der Waals surface area contributed by atoms with Gasteiger partial charge in [0, 0.05) is 0 Å². The van der Waals surface area contributed by atoms with Gasteiger partial charge in [0.2, 0.25) is 0 Å². The number of para-hydroxylation sites is 1. The lowest BCUT2D eigenvalue weighted by molar-refractivity contribution is -0.123. The minimum Gasteiger partial charge on any atom is -0.483 e. The first-order valence-electron chi connectivity index (χ1n) is 8.81. The fraction of sp³-hybridized carbons (Fsp3) is 0.130. The molecular weight excluding hydrogens is 336 g/mol. The van der Waals surface area contributed by atoms with E-state index in [-0.39, 0.29) is 12.5 Å². The van der Waals surface area contributed by atoms with E-state index in [0.717, 1.165) is 22.4 Å². The first-order chi connectivity index (χ1) is 13.1. The maximum Gasteiger partial charge on any atom is 0.277 e. The number of carbonyl (C=O) groups excluding carboxylic acids is 1. The van der Waals surface area contributed by atoms with E-state index < -0.39 is 0 Å². The molecular formula is C23H22N2O2. The fourth-order valence-electron chi connectivity index (χ4n) is 2.64. The van der Waals surface area contributed by atoms with Gasteiger partial charge in [-0.1, -0.05) is 72.8 Å². The number of hydrogen-bond acceptors (Lipinski definition) is 3. The van der Waals surface area contributed by atoms with Crippen molar-refractivity contribution in [1.29, 1.82) is 0 Å². The molecule has 0 bridgehead atoms. The van der Waals surface area contributed by atoms with Gasteiger partial charge in [0.05, 0.1) is 5.71 Å². The Morgan fingerprint density at radius 2 is 1.52 bits per heavy atom. The lowest BCUT2D eigenvalue weighted by Crippen LogP contribution is -2.25. The van der Waals surface area contributed by atoms with Crippen LogP contribution in [0.4, 0.5) is 0 Å². The Balaban J connectivity index is 1.57. The highest BCUT2D eigenvalue weighted by molar-refractivity contribution is 5.99. The monoisotopic (exact) mass is 358 g/mol. The van der Waals surface area contributed by atoms with Crippen LogP contribution in [0.3, 0.4) is 0 Å². The van der Waals surface area contributed by atoms with Gasteiger partial charge < -0.3 is 4.74 Å². The third-order valence-corrected chi connectivity index (χ3v) is 4.21. The van der Waals surface area contributed by atoms with Gasteiger partial charge in [0.25, 0.3) is 5.91 Å². The van der Waals surface area contributed by atoms with Crippen LogP contribution in [0, 0.1) is 6.92 Å². The van der Waals surface area contributed by atoms with E-state index in [1.165, 1.54) is 5.56 Å². The third-order valence-electron chi connectivity index (χ3n) is 4.21. The Bertz CT molecular complexity index is 932. The van der Waals surface area contributed by atoms with Crippen LogP contribution in [0.25, 0.3) is 11.1 Å². The molecule has 0 saturated carbocycles. The van der Waals surface area contributed by atoms with Crippen molar-refractivity contribution >= 4 is 11.6 Å². The minimum absolute atomic E-state index is 0.0748. The number of nitrogens with one attached hydrogen (secondary N) is 1. The Morgan fingerprint density at radius 1 is 0.889 bits per heavy atom. The Morgan fingerprint density at radius 3 is 2.22 bits per heavy atom. The quantitative estimate of drug-likeness (QED) is 0.518. The highest BCUT2D eigenvalue weighted by atomic mass is 16.5. The van der Waals surface area contributed by atoms with Gasteiger partial charge in [-0.15, -0.1) is 0 Å². The van der Waals surface area contributed by atoms with Crippen molar-refractivity contribution in [2.45, 2.75) is 13.8 Å². The second-order valence-electron chi connectivity index (χ2n) is 6.23. The predicted octanol–water partition coefficient (Wildman–Crippen LogP) is 4.58. The van der Waals surface area contributed by atoms with Gasteiger partial charge in [0.15, 0.2) is 6.61 Å². The van der Waals surface area contributed by atoms with E-state index >= 15 is 0 Å². The number of rotatable bonds is 6. The molecule has 4 nitrogen and oxygen atoms in total. The fourth-order valence-corrected chi connectivity index (χ4v) is 2.64. The van der Waals surface area contributed by atoms with E-state index in [9.17, 15) is 4.79 Å². The molecule has 0 spiro atoms. The van der Waals surface area contributed by atoms with Gasteiger partial charge in [0.1, 0.15) is 5.75 Å². The van der Waals surface area contributed by atoms with Crippen LogP contribution in [0.15, 0.2) is 84.0 Å². The lowest BCUT2D eigenvalue weighted by Gasteiger charge is -2.08. The standard InChI is InChI=1S/C23H22N2O2/c1-17-8-6-7-11-22(17)27-16-23(26)25-24-18(2)19-12-14-21(15-13-19)20-9-4-3-5-10-20/h3-15H,16H2,1-2H3,(H,25,26)/b24-18-. The van der Waals surface area contributed by atoms with Crippen molar-refractivity contribution in [3.05, 3.63) is 90.0 Å². The van der Waals surface area contributed by atoms with Crippen molar-refractivity contribution in [1.82, 2.24) is 5.43 Å². The second kappa shape index (κ2) is 8.81. The van der Waals surface area contributed by atoms with Crippen LogP contribution in [-0.2, 0) is 4.79 Å².